The number of aromatic nitrogens is 3. The number of nitrogens with zero attached hydrogens (tertiary/aromatic N) is 2. The molecule has 0 fully saturated rings. The quantitative estimate of drug-likeness (QED) is 0.594. The van der Waals surface area contributed by atoms with Crippen LogP contribution in [0, 0.1) is 0 Å². The maximum Gasteiger partial charge on any atom is 0.251 e. The standard InChI is InChI=1S/C18H22N4OS/c23-17(19-11-10-14-6-2-1-3-7-14)16-9-5-4-8-15(16)12-24-18-20-13-21-22-18/h4-6,8-9,13H,1-3,7,10-12H2,(H,19,23)(H,20,21,22). The number of thioether (sulfide) groups is 1. The summed E-state index contributed by atoms with van der Waals surface area (Å²) in [6, 6.07) is 7.73. The maximum absolute atomic E-state index is 12.5. The lowest BCUT2D eigenvalue weighted by molar-refractivity contribution is 0.0953. The largest absolute Gasteiger partial charge is 0.352 e. The number of hydrogen-bond acceptors (Lipinski definition) is 4. The van der Waals surface area contributed by atoms with Crippen molar-refractivity contribution in [1.82, 2.24) is 20.5 Å². The molecule has 0 spiro atoms. The van der Waals surface area contributed by atoms with Crippen molar-refractivity contribution in [1.29, 1.82) is 0 Å². The number of carbonyl (C=O) groups is 1. The Kier molecular flexibility index (Phi) is 6.07. The van der Waals surface area contributed by atoms with Gasteiger partial charge in [-0.2, -0.15) is 5.10 Å². The number of allylic oxidation sites excluding steroid dienone is 1. The van der Waals surface area contributed by atoms with E-state index in [9.17, 15) is 4.79 Å². The Morgan fingerprint density at radius 2 is 2.21 bits per heavy atom. The summed E-state index contributed by atoms with van der Waals surface area (Å²) in [7, 11) is 0. The molecule has 1 amide bonds. The van der Waals surface area contributed by atoms with Crippen LogP contribution in [0.25, 0.3) is 0 Å². The van der Waals surface area contributed by atoms with Crippen molar-refractivity contribution < 1.29 is 4.79 Å². The van der Waals surface area contributed by atoms with E-state index in [0.717, 1.165) is 22.7 Å². The van der Waals surface area contributed by atoms with E-state index < -0.39 is 0 Å². The van der Waals surface area contributed by atoms with Crippen molar-refractivity contribution in [2.24, 2.45) is 0 Å². The Balaban J connectivity index is 1.54. The molecule has 2 aromatic rings. The van der Waals surface area contributed by atoms with Crippen LogP contribution in [0.4, 0.5) is 0 Å². The molecule has 126 valence electrons. The summed E-state index contributed by atoms with van der Waals surface area (Å²) in [6.07, 6.45) is 9.72. The van der Waals surface area contributed by atoms with Gasteiger partial charge in [-0.25, -0.2) is 4.98 Å². The lowest BCUT2D eigenvalue weighted by atomic mass is 9.97. The van der Waals surface area contributed by atoms with Crippen molar-refractivity contribution >= 4 is 17.7 Å². The molecule has 0 aliphatic heterocycles. The Morgan fingerprint density at radius 1 is 1.29 bits per heavy atom. The molecule has 1 aromatic carbocycles. The molecule has 1 aromatic heterocycles. The van der Waals surface area contributed by atoms with Gasteiger partial charge in [0.2, 0.25) is 0 Å². The predicted molar refractivity (Wildman–Crippen MR) is 95.9 cm³/mol. The zero-order chi connectivity index (χ0) is 16.6. The summed E-state index contributed by atoms with van der Waals surface area (Å²) in [4.78, 5) is 16.6. The summed E-state index contributed by atoms with van der Waals surface area (Å²) in [5.41, 5.74) is 3.23. The summed E-state index contributed by atoms with van der Waals surface area (Å²) < 4.78 is 0. The van der Waals surface area contributed by atoms with Crippen molar-refractivity contribution in [3.8, 4) is 0 Å². The van der Waals surface area contributed by atoms with Gasteiger partial charge in [-0.1, -0.05) is 41.6 Å². The van der Waals surface area contributed by atoms with Crippen LogP contribution in [0.2, 0.25) is 0 Å². The second-order valence-electron chi connectivity index (χ2n) is 5.85. The fourth-order valence-corrected chi connectivity index (χ4v) is 3.62. The topological polar surface area (TPSA) is 70.7 Å². The van der Waals surface area contributed by atoms with Crippen LogP contribution in [-0.4, -0.2) is 27.6 Å². The number of rotatable bonds is 7. The highest BCUT2D eigenvalue weighted by Gasteiger charge is 2.12. The first-order chi connectivity index (χ1) is 11.8. The van der Waals surface area contributed by atoms with Crippen molar-refractivity contribution in [2.75, 3.05) is 6.54 Å². The van der Waals surface area contributed by atoms with E-state index in [-0.39, 0.29) is 5.91 Å². The molecule has 0 unspecified atom stereocenters. The molecule has 0 bridgehead atoms. The maximum atomic E-state index is 12.5. The van der Waals surface area contributed by atoms with Crippen LogP contribution >= 0.6 is 11.8 Å². The molecule has 2 N–H and O–H groups in total. The first kappa shape index (κ1) is 16.8. The van der Waals surface area contributed by atoms with Gasteiger partial charge in [0.25, 0.3) is 5.91 Å². The number of benzene rings is 1. The number of nitrogens with one attached hydrogen (secondary N) is 2. The highest BCUT2D eigenvalue weighted by molar-refractivity contribution is 7.98. The average Bonchev–Trinajstić information content (AvgIpc) is 3.14. The Morgan fingerprint density at radius 3 is 3.00 bits per heavy atom. The second kappa shape index (κ2) is 8.68. The number of carbonyl (C=O) groups excluding carboxylic acids is 1. The highest BCUT2D eigenvalue weighted by Crippen LogP contribution is 2.22. The van der Waals surface area contributed by atoms with E-state index in [1.54, 1.807) is 11.8 Å². The van der Waals surface area contributed by atoms with Crippen LogP contribution in [0.3, 0.4) is 0 Å². The van der Waals surface area contributed by atoms with Gasteiger partial charge in [-0.05, 0) is 43.7 Å². The molecular formula is C18H22N4OS. The Hall–Kier alpha value is -2.08. The Bertz CT molecular complexity index is 697. The van der Waals surface area contributed by atoms with Crippen molar-refractivity contribution in [2.45, 2.75) is 43.0 Å². The monoisotopic (exact) mass is 342 g/mol. The first-order valence-electron chi connectivity index (χ1n) is 8.35. The molecule has 0 radical (unpaired) electrons. The number of amides is 1. The van der Waals surface area contributed by atoms with E-state index in [4.69, 9.17) is 0 Å². The molecule has 1 aliphatic rings. The molecule has 5 nitrogen and oxygen atoms in total. The van der Waals surface area contributed by atoms with Gasteiger partial charge in [-0.3, -0.25) is 9.89 Å². The van der Waals surface area contributed by atoms with E-state index >= 15 is 0 Å². The average molecular weight is 342 g/mol. The lowest BCUT2D eigenvalue weighted by Gasteiger charge is -2.13. The van der Waals surface area contributed by atoms with Gasteiger partial charge >= 0.3 is 0 Å². The van der Waals surface area contributed by atoms with Gasteiger partial charge in [0.1, 0.15) is 6.33 Å². The third-order valence-corrected chi connectivity index (χ3v) is 5.06. The normalized spacial score (nSPS) is 14.2. The molecule has 24 heavy (non-hydrogen) atoms. The summed E-state index contributed by atoms with van der Waals surface area (Å²) >= 11 is 1.54. The van der Waals surface area contributed by atoms with Crippen LogP contribution in [-0.2, 0) is 5.75 Å². The van der Waals surface area contributed by atoms with Crippen LogP contribution in [0.1, 0.15) is 48.0 Å². The van der Waals surface area contributed by atoms with Gasteiger partial charge in [0.15, 0.2) is 5.16 Å². The van der Waals surface area contributed by atoms with Crippen LogP contribution < -0.4 is 5.32 Å². The van der Waals surface area contributed by atoms with E-state index in [0.29, 0.717) is 12.3 Å². The van der Waals surface area contributed by atoms with E-state index in [2.05, 4.69) is 26.6 Å². The molecule has 0 atom stereocenters. The van der Waals surface area contributed by atoms with Crippen LogP contribution in [0.15, 0.2) is 47.4 Å². The van der Waals surface area contributed by atoms with Gasteiger partial charge in [0, 0.05) is 17.9 Å². The van der Waals surface area contributed by atoms with Gasteiger partial charge < -0.3 is 5.32 Å². The summed E-state index contributed by atoms with van der Waals surface area (Å²) in [5.74, 6) is 0.685. The molecule has 0 saturated heterocycles. The summed E-state index contributed by atoms with van der Waals surface area (Å²) in [6.45, 7) is 0.703. The molecule has 6 heteroatoms. The van der Waals surface area contributed by atoms with E-state index in [1.165, 1.54) is 37.6 Å². The molecule has 0 saturated carbocycles. The van der Waals surface area contributed by atoms with Gasteiger partial charge in [-0.15, -0.1) is 0 Å². The third-order valence-electron chi connectivity index (χ3n) is 4.14. The minimum Gasteiger partial charge on any atom is -0.352 e. The Labute approximate surface area is 146 Å². The first-order valence-corrected chi connectivity index (χ1v) is 9.33. The zero-order valence-corrected chi connectivity index (χ0v) is 14.4. The zero-order valence-electron chi connectivity index (χ0n) is 13.6. The number of hydrogen-bond donors (Lipinski definition) is 2. The predicted octanol–water partition coefficient (Wildman–Crippen LogP) is 3.72. The minimum atomic E-state index is 0.000166. The molecule has 1 heterocycles. The van der Waals surface area contributed by atoms with Crippen molar-refractivity contribution in [3.05, 3.63) is 53.4 Å². The van der Waals surface area contributed by atoms with Crippen LogP contribution in [0.5, 0.6) is 0 Å². The fraction of sp³-hybridized carbons (Fsp3) is 0.389. The van der Waals surface area contributed by atoms with Gasteiger partial charge in [0.05, 0.1) is 0 Å². The summed E-state index contributed by atoms with van der Waals surface area (Å²) in [5, 5.41) is 10.5. The van der Waals surface area contributed by atoms with E-state index in [1.807, 2.05) is 24.3 Å². The number of H-pyrrole nitrogens is 1. The SMILES string of the molecule is O=C(NCCC1=CCCCC1)c1ccccc1CSc1ncn[nH]1. The molecule has 3 rings (SSSR count). The third kappa shape index (κ3) is 4.71. The smallest absolute Gasteiger partial charge is 0.251 e. The highest BCUT2D eigenvalue weighted by atomic mass is 32.2. The second-order valence-corrected chi connectivity index (χ2v) is 6.81. The number of aromatic amines is 1. The minimum absolute atomic E-state index is 0.000166. The van der Waals surface area contributed by atoms with Crippen molar-refractivity contribution in [3.63, 3.8) is 0 Å². The fourth-order valence-electron chi connectivity index (χ4n) is 2.84. The lowest BCUT2D eigenvalue weighted by Crippen LogP contribution is -2.25. The molecule has 1 aliphatic carbocycles. The molecular weight excluding hydrogens is 320 g/mol.